The number of hydrogen-bond acceptors (Lipinski definition) is 4. The lowest BCUT2D eigenvalue weighted by molar-refractivity contribution is 0.265. The van der Waals surface area contributed by atoms with Crippen LogP contribution in [0.25, 0.3) is 0 Å². The zero-order valence-electron chi connectivity index (χ0n) is 16.7. The van der Waals surface area contributed by atoms with Gasteiger partial charge in [-0.1, -0.05) is 12.1 Å². The molecular weight excluding hydrogens is 314 g/mol. The topological polar surface area (TPSA) is 65.7 Å². The Morgan fingerprint density at radius 3 is 2.68 bits per heavy atom. The highest BCUT2D eigenvalue weighted by molar-refractivity contribution is 5.80. The molecule has 25 heavy (non-hydrogen) atoms. The number of aromatic nitrogens is 1. The summed E-state index contributed by atoms with van der Waals surface area (Å²) in [7, 11) is 0. The second kappa shape index (κ2) is 9.22. The summed E-state index contributed by atoms with van der Waals surface area (Å²) < 4.78 is 5.23. The number of nitrogens with zero attached hydrogens (tertiary/aromatic N) is 3. The average molecular weight is 350 g/mol. The molecule has 1 fully saturated rings. The Bertz CT molecular complexity index is 547. The van der Waals surface area contributed by atoms with Gasteiger partial charge in [0.1, 0.15) is 5.76 Å². The van der Waals surface area contributed by atoms with Gasteiger partial charge >= 0.3 is 0 Å². The minimum Gasteiger partial charge on any atom is -0.361 e. The van der Waals surface area contributed by atoms with E-state index in [1.54, 1.807) is 0 Å². The average Bonchev–Trinajstić information content (AvgIpc) is 3.08. The van der Waals surface area contributed by atoms with Gasteiger partial charge in [-0.3, -0.25) is 9.89 Å². The fourth-order valence-electron chi connectivity index (χ4n) is 3.41. The maximum atomic E-state index is 5.23. The van der Waals surface area contributed by atoms with Crippen LogP contribution in [0.15, 0.2) is 9.52 Å². The van der Waals surface area contributed by atoms with E-state index in [-0.39, 0.29) is 0 Å². The molecule has 2 unspecified atom stereocenters. The summed E-state index contributed by atoms with van der Waals surface area (Å²) in [5.41, 5.74) is 2.23. The number of nitrogens with one attached hydrogen (secondary N) is 2. The van der Waals surface area contributed by atoms with E-state index in [0.29, 0.717) is 18.0 Å². The van der Waals surface area contributed by atoms with E-state index in [0.717, 1.165) is 56.4 Å². The normalized spacial score (nSPS) is 22.0. The predicted octanol–water partition coefficient (Wildman–Crippen LogP) is 2.51. The molecule has 0 saturated carbocycles. The fraction of sp³-hybridized carbons (Fsp3) is 0.789. The quantitative estimate of drug-likeness (QED) is 0.450. The van der Waals surface area contributed by atoms with E-state index in [4.69, 9.17) is 9.52 Å². The maximum Gasteiger partial charge on any atom is 0.191 e. The number of rotatable bonds is 7. The minimum absolute atomic E-state index is 0.461. The molecule has 142 valence electrons. The second-order valence-electron chi connectivity index (χ2n) is 7.44. The van der Waals surface area contributed by atoms with Crippen molar-refractivity contribution in [2.45, 2.75) is 66.5 Å². The highest BCUT2D eigenvalue weighted by Gasteiger charge is 2.31. The van der Waals surface area contributed by atoms with Gasteiger partial charge in [-0.15, -0.1) is 0 Å². The summed E-state index contributed by atoms with van der Waals surface area (Å²) in [6.45, 7) is 16.9. The lowest BCUT2D eigenvalue weighted by Crippen LogP contribution is -2.46. The summed E-state index contributed by atoms with van der Waals surface area (Å²) in [6, 6.07) is 1.06. The molecule has 0 bridgehead atoms. The second-order valence-corrected chi connectivity index (χ2v) is 7.44. The molecule has 2 heterocycles. The first kappa shape index (κ1) is 19.8. The molecule has 2 N–H and O–H groups in total. The zero-order valence-corrected chi connectivity index (χ0v) is 16.7. The fourth-order valence-corrected chi connectivity index (χ4v) is 3.41. The minimum atomic E-state index is 0.461. The SMILES string of the molecule is CCNC(=NCCCc1c(C)noc1C)NC1CN(C(C)C)CC1C. The third-order valence-electron chi connectivity index (χ3n) is 5.07. The Morgan fingerprint density at radius 2 is 2.12 bits per heavy atom. The number of aryl methyl sites for hydroxylation is 2. The van der Waals surface area contributed by atoms with Gasteiger partial charge in [0.05, 0.1) is 5.69 Å². The monoisotopic (exact) mass is 349 g/mol. The van der Waals surface area contributed by atoms with Gasteiger partial charge in [0.2, 0.25) is 0 Å². The standard InChI is InChI=1S/C19H35N5O/c1-7-20-19(22-18-12-24(13(2)3)11-14(18)4)21-10-8-9-17-15(5)23-25-16(17)6/h13-14,18H,7-12H2,1-6H3,(H2,20,21,22). The molecule has 1 saturated heterocycles. The highest BCUT2D eigenvalue weighted by atomic mass is 16.5. The Balaban J connectivity index is 1.86. The Labute approximate surface area is 152 Å². The van der Waals surface area contributed by atoms with Crippen molar-refractivity contribution in [3.8, 4) is 0 Å². The third kappa shape index (κ3) is 5.46. The van der Waals surface area contributed by atoms with Crippen molar-refractivity contribution in [2.24, 2.45) is 10.9 Å². The van der Waals surface area contributed by atoms with Crippen molar-refractivity contribution in [2.75, 3.05) is 26.2 Å². The van der Waals surface area contributed by atoms with E-state index in [9.17, 15) is 0 Å². The molecule has 6 heteroatoms. The molecular formula is C19H35N5O. The van der Waals surface area contributed by atoms with Crippen molar-refractivity contribution >= 4 is 5.96 Å². The van der Waals surface area contributed by atoms with Gasteiger partial charge in [0.25, 0.3) is 0 Å². The van der Waals surface area contributed by atoms with Crippen molar-refractivity contribution < 1.29 is 4.52 Å². The first-order chi connectivity index (χ1) is 11.9. The molecule has 1 aliphatic heterocycles. The summed E-state index contributed by atoms with van der Waals surface area (Å²) in [5.74, 6) is 2.50. The van der Waals surface area contributed by atoms with Crippen LogP contribution in [0.2, 0.25) is 0 Å². The molecule has 1 aliphatic rings. The first-order valence-corrected chi connectivity index (χ1v) is 9.63. The molecule has 0 radical (unpaired) electrons. The van der Waals surface area contributed by atoms with Crippen LogP contribution in [0.5, 0.6) is 0 Å². The van der Waals surface area contributed by atoms with E-state index in [1.807, 2.05) is 13.8 Å². The largest absolute Gasteiger partial charge is 0.361 e. The van der Waals surface area contributed by atoms with Crippen LogP contribution < -0.4 is 10.6 Å². The van der Waals surface area contributed by atoms with Gasteiger partial charge in [-0.2, -0.15) is 0 Å². The summed E-state index contributed by atoms with van der Waals surface area (Å²) in [4.78, 5) is 7.30. The van der Waals surface area contributed by atoms with Crippen LogP contribution in [-0.2, 0) is 6.42 Å². The first-order valence-electron chi connectivity index (χ1n) is 9.63. The van der Waals surface area contributed by atoms with Crippen LogP contribution in [-0.4, -0.2) is 54.3 Å². The Hall–Kier alpha value is -1.56. The van der Waals surface area contributed by atoms with E-state index in [1.165, 1.54) is 5.56 Å². The van der Waals surface area contributed by atoms with Crippen LogP contribution in [0.4, 0.5) is 0 Å². The van der Waals surface area contributed by atoms with Crippen LogP contribution in [0.1, 0.15) is 51.1 Å². The highest BCUT2D eigenvalue weighted by Crippen LogP contribution is 2.18. The maximum absolute atomic E-state index is 5.23. The lowest BCUT2D eigenvalue weighted by Gasteiger charge is -2.21. The van der Waals surface area contributed by atoms with Crippen molar-refractivity contribution in [3.63, 3.8) is 0 Å². The van der Waals surface area contributed by atoms with E-state index < -0.39 is 0 Å². The molecule has 2 atom stereocenters. The van der Waals surface area contributed by atoms with Gasteiger partial charge in [-0.05, 0) is 53.4 Å². The molecule has 1 aromatic rings. The Morgan fingerprint density at radius 1 is 1.36 bits per heavy atom. The molecule has 6 nitrogen and oxygen atoms in total. The van der Waals surface area contributed by atoms with Crippen LogP contribution in [0.3, 0.4) is 0 Å². The number of likely N-dealkylation sites (tertiary alicyclic amines) is 1. The van der Waals surface area contributed by atoms with Crippen molar-refractivity contribution in [1.29, 1.82) is 0 Å². The molecule has 0 amide bonds. The molecule has 1 aromatic heterocycles. The van der Waals surface area contributed by atoms with Gasteiger partial charge in [0.15, 0.2) is 5.96 Å². The van der Waals surface area contributed by atoms with E-state index in [2.05, 4.69) is 48.4 Å². The van der Waals surface area contributed by atoms with E-state index >= 15 is 0 Å². The molecule has 0 aliphatic carbocycles. The van der Waals surface area contributed by atoms with Gasteiger partial charge < -0.3 is 15.2 Å². The van der Waals surface area contributed by atoms with Crippen molar-refractivity contribution in [3.05, 3.63) is 17.0 Å². The summed E-state index contributed by atoms with van der Waals surface area (Å²) in [6.07, 6.45) is 1.96. The Kier molecular flexibility index (Phi) is 7.29. The molecule has 2 rings (SSSR count). The summed E-state index contributed by atoms with van der Waals surface area (Å²) >= 11 is 0. The third-order valence-corrected chi connectivity index (χ3v) is 5.07. The lowest BCUT2D eigenvalue weighted by atomic mass is 10.1. The van der Waals surface area contributed by atoms with Gasteiger partial charge in [-0.25, -0.2) is 0 Å². The predicted molar refractivity (Wildman–Crippen MR) is 103 cm³/mol. The summed E-state index contributed by atoms with van der Waals surface area (Å²) in [5, 5.41) is 11.0. The van der Waals surface area contributed by atoms with Crippen LogP contribution in [0, 0.1) is 19.8 Å². The van der Waals surface area contributed by atoms with Crippen molar-refractivity contribution in [1.82, 2.24) is 20.7 Å². The van der Waals surface area contributed by atoms with Gasteiger partial charge in [0, 0.05) is 43.8 Å². The van der Waals surface area contributed by atoms with Crippen LogP contribution >= 0.6 is 0 Å². The molecule has 0 aromatic carbocycles. The zero-order chi connectivity index (χ0) is 18.4. The molecule has 0 spiro atoms. The number of hydrogen-bond donors (Lipinski definition) is 2. The smallest absolute Gasteiger partial charge is 0.191 e. The number of guanidine groups is 1. The number of aliphatic imine (C=N–C) groups is 1.